The summed E-state index contributed by atoms with van der Waals surface area (Å²) >= 11 is 0. The molecule has 1 saturated heterocycles. The molecule has 1 atom stereocenters. The molecule has 1 aromatic heterocycles. The summed E-state index contributed by atoms with van der Waals surface area (Å²) in [6.07, 6.45) is 4.70. The fourth-order valence-corrected chi connectivity index (χ4v) is 3.71. The van der Waals surface area contributed by atoms with Crippen LogP contribution >= 0.6 is 0 Å². The lowest BCUT2D eigenvalue weighted by molar-refractivity contribution is 0.0680. The van der Waals surface area contributed by atoms with E-state index in [1.165, 1.54) is 18.2 Å². The number of carbonyl (C=O) groups is 1. The summed E-state index contributed by atoms with van der Waals surface area (Å²) < 4.78 is 9.87. The van der Waals surface area contributed by atoms with Crippen LogP contribution in [0.3, 0.4) is 0 Å². The quantitative estimate of drug-likeness (QED) is 0.709. The first-order valence-corrected chi connectivity index (χ1v) is 9.61. The zero-order chi connectivity index (χ0) is 19.1. The van der Waals surface area contributed by atoms with Gasteiger partial charge in [0, 0.05) is 26.2 Å². The Labute approximate surface area is 160 Å². The van der Waals surface area contributed by atoms with Crippen LogP contribution in [-0.4, -0.2) is 65.9 Å². The molecular weight excluding hydrogens is 344 g/mol. The second-order valence-electron chi connectivity index (χ2n) is 7.05. The van der Waals surface area contributed by atoms with Crippen LogP contribution in [0.15, 0.2) is 35.1 Å². The summed E-state index contributed by atoms with van der Waals surface area (Å²) in [7, 11) is 1.70. The van der Waals surface area contributed by atoms with Gasteiger partial charge in [-0.3, -0.25) is 4.79 Å². The van der Waals surface area contributed by atoms with Crippen LogP contribution in [0.25, 0.3) is 0 Å². The lowest BCUT2D eigenvalue weighted by atomic mass is 9.96. The van der Waals surface area contributed by atoms with Crippen LogP contribution in [0.4, 0.5) is 0 Å². The summed E-state index contributed by atoms with van der Waals surface area (Å²) in [5, 5.41) is 7.21. The van der Waals surface area contributed by atoms with Crippen LogP contribution in [0.1, 0.15) is 35.8 Å². The van der Waals surface area contributed by atoms with Crippen molar-refractivity contribution in [3.63, 3.8) is 0 Å². The second-order valence-corrected chi connectivity index (χ2v) is 7.05. The number of rotatable bonds is 8. The highest BCUT2D eigenvalue weighted by molar-refractivity contribution is 5.91. The third-order valence-electron chi connectivity index (χ3n) is 5.18. The Bertz CT molecular complexity index is 720. The Hall–Kier alpha value is -2.41. The molecule has 0 radical (unpaired) electrons. The number of hydrogen-bond acceptors (Lipinski definition) is 6. The monoisotopic (exact) mass is 372 g/mol. The standard InChI is InChI=1S/C20H28N4O3/c1-3-24(20(25)19-13-21-27-22-19)15-17-7-5-10-23(14-17)11-9-16-6-4-8-18(12-16)26-2/h4,6,8,12-13,17H,3,5,7,9-11,14-15H2,1-2H3. The van der Waals surface area contributed by atoms with E-state index in [4.69, 9.17) is 4.74 Å². The van der Waals surface area contributed by atoms with E-state index in [2.05, 4.69) is 32.0 Å². The molecule has 1 amide bonds. The third-order valence-corrected chi connectivity index (χ3v) is 5.18. The van der Waals surface area contributed by atoms with Gasteiger partial charge in [-0.05, 0) is 61.5 Å². The maximum absolute atomic E-state index is 12.5. The lowest BCUT2D eigenvalue weighted by Crippen LogP contribution is -2.43. The smallest absolute Gasteiger partial charge is 0.277 e. The van der Waals surface area contributed by atoms with Crippen LogP contribution < -0.4 is 4.74 Å². The Balaban J connectivity index is 1.51. The molecular formula is C20H28N4O3. The number of ether oxygens (including phenoxy) is 1. The fourth-order valence-electron chi connectivity index (χ4n) is 3.71. The maximum atomic E-state index is 12.5. The van der Waals surface area contributed by atoms with Crippen molar-refractivity contribution < 1.29 is 14.2 Å². The van der Waals surface area contributed by atoms with E-state index >= 15 is 0 Å². The molecule has 0 N–H and O–H groups in total. The van der Waals surface area contributed by atoms with Gasteiger partial charge in [0.15, 0.2) is 5.69 Å². The number of hydrogen-bond donors (Lipinski definition) is 0. The molecule has 3 rings (SSSR count). The molecule has 1 aromatic carbocycles. The Kier molecular flexibility index (Phi) is 6.81. The van der Waals surface area contributed by atoms with E-state index in [1.807, 2.05) is 24.0 Å². The second kappa shape index (κ2) is 9.50. The Morgan fingerprint density at radius 3 is 3.07 bits per heavy atom. The summed E-state index contributed by atoms with van der Waals surface area (Å²) in [6.45, 7) is 6.56. The summed E-state index contributed by atoms with van der Waals surface area (Å²) in [6, 6.07) is 8.26. The molecule has 1 aliphatic heterocycles. The Morgan fingerprint density at radius 1 is 1.44 bits per heavy atom. The van der Waals surface area contributed by atoms with Crippen molar-refractivity contribution in [2.75, 3.05) is 39.8 Å². The van der Waals surface area contributed by atoms with Gasteiger partial charge < -0.3 is 14.5 Å². The van der Waals surface area contributed by atoms with Gasteiger partial charge in [-0.25, -0.2) is 4.63 Å². The van der Waals surface area contributed by atoms with Crippen LogP contribution in [0, 0.1) is 5.92 Å². The minimum Gasteiger partial charge on any atom is -0.497 e. The molecule has 2 aromatic rings. The topological polar surface area (TPSA) is 71.7 Å². The number of likely N-dealkylation sites (tertiary alicyclic amines) is 1. The van der Waals surface area contributed by atoms with Gasteiger partial charge in [0.1, 0.15) is 11.9 Å². The first-order valence-electron chi connectivity index (χ1n) is 9.61. The molecule has 2 heterocycles. The van der Waals surface area contributed by atoms with Gasteiger partial charge in [-0.1, -0.05) is 17.3 Å². The van der Waals surface area contributed by atoms with Gasteiger partial charge >= 0.3 is 0 Å². The Morgan fingerprint density at radius 2 is 2.33 bits per heavy atom. The molecule has 0 aliphatic carbocycles. The molecule has 0 saturated carbocycles. The van der Waals surface area contributed by atoms with Crippen LogP contribution in [-0.2, 0) is 6.42 Å². The molecule has 0 bridgehead atoms. The van der Waals surface area contributed by atoms with Crippen molar-refractivity contribution in [2.24, 2.45) is 5.92 Å². The number of piperidine rings is 1. The van der Waals surface area contributed by atoms with Crippen molar-refractivity contribution in [3.05, 3.63) is 41.7 Å². The number of nitrogens with zero attached hydrogens (tertiary/aromatic N) is 4. The normalized spacial score (nSPS) is 17.6. The number of carbonyl (C=O) groups excluding carboxylic acids is 1. The van der Waals surface area contributed by atoms with Gasteiger partial charge in [0.2, 0.25) is 0 Å². The van der Waals surface area contributed by atoms with Crippen molar-refractivity contribution in [3.8, 4) is 5.75 Å². The minimum absolute atomic E-state index is 0.104. The minimum atomic E-state index is -0.104. The average Bonchev–Trinajstić information content (AvgIpc) is 3.25. The zero-order valence-corrected chi connectivity index (χ0v) is 16.1. The largest absolute Gasteiger partial charge is 0.497 e. The molecule has 146 valence electrons. The van der Waals surface area contributed by atoms with Gasteiger partial charge in [-0.15, -0.1) is 0 Å². The van der Waals surface area contributed by atoms with Gasteiger partial charge in [-0.2, -0.15) is 0 Å². The predicted octanol–water partition coefficient (Wildman–Crippen LogP) is 2.50. The lowest BCUT2D eigenvalue weighted by Gasteiger charge is -2.35. The molecule has 27 heavy (non-hydrogen) atoms. The van der Waals surface area contributed by atoms with Crippen LogP contribution in [0.5, 0.6) is 5.75 Å². The highest BCUT2D eigenvalue weighted by atomic mass is 16.6. The first-order chi connectivity index (χ1) is 13.2. The summed E-state index contributed by atoms with van der Waals surface area (Å²) in [5.74, 6) is 1.28. The number of benzene rings is 1. The SMILES string of the molecule is CCN(CC1CCCN(CCc2cccc(OC)c2)C1)C(=O)c1cnon1. The summed E-state index contributed by atoms with van der Waals surface area (Å²) in [4.78, 5) is 16.8. The van der Waals surface area contributed by atoms with E-state index in [1.54, 1.807) is 7.11 Å². The van der Waals surface area contributed by atoms with Crippen molar-refractivity contribution >= 4 is 5.91 Å². The third kappa shape index (κ3) is 5.29. The van der Waals surface area contributed by atoms with Gasteiger partial charge in [0.05, 0.1) is 7.11 Å². The number of methoxy groups -OCH3 is 1. The van der Waals surface area contributed by atoms with Crippen molar-refractivity contribution in [1.82, 2.24) is 20.1 Å². The van der Waals surface area contributed by atoms with E-state index in [-0.39, 0.29) is 11.6 Å². The molecule has 1 fully saturated rings. The summed E-state index contributed by atoms with van der Waals surface area (Å²) in [5.41, 5.74) is 1.57. The average molecular weight is 372 g/mol. The first kappa shape index (κ1) is 19.4. The molecule has 7 nitrogen and oxygen atoms in total. The fraction of sp³-hybridized carbons (Fsp3) is 0.550. The number of aromatic nitrogens is 2. The maximum Gasteiger partial charge on any atom is 0.277 e. The molecule has 0 spiro atoms. The molecule has 1 unspecified atom stereocenters. The van der Waals surface area contributed by atoms with Crippen LogP contribution in [0.2, 0.25) is 0 Å². The highest BCUT2D eigenvalue weighted by Crippen LogP contribution is 2.20. The highest BCUT2D eigenvalue weighted by Gasteiger charge is 2.25. The zero-order valence-electron chi connectivity index (χ0n) is 16.1. The van der Waals surface area contributed by atoms with E-state index in [0.29, 0.717) is 12.5 Å². The van der Waals surface area contributed by atoms with E-state index in [9.17, 15) is 4.79 Å². The van der Waals surface area contributed by atoms with Crippen molar-refractivity contribution in [1.29, 1.82) is 0 Å². The van der Waals surface area contributed by atoms with Gasteiger partial charge in [0.25, 0.3) is 5.91 Å². The predicted molar refractivity (Wildman–Crippen MR) is 102 cm³/mol. The van der Waals surface area contributed by atoms with E-state index in [0.717, 1.165) is 44.8 Å². The molecule has 1 aliphatic rings. The van der Waals surface area contributed by atoms with Crippen molar-refractivity contribution in [2.45, 2.75) is 26.2 Å². The van der Waals surface area contributed by atoms with E-state index < -0.39 is 0 Å². The molecule has 7 heteroatoms. The number of amides is 1.